The van der Waals surface area contributed by atoms with Gasteiger partial charge in [-0.05, 0) is 54.8 Å². The molecule has 1 aliphatic carbocycles. The molecule has 2 aliphatic rings. The van der Waals surface area contributed by atoms with Crippen LogP contribution in [0.15, 0.2) is 53.4 Å². The number of rotatable bonds is 7. The Bertz CT molecular complexity index is 1230. The van der Waals surface area contributed by atoms with Crippen molar-refractivity contribution in [2.75, 3.05) is 26.2 Å². The van der Waals surface area contributed by atoms with E-state index in [0.717, 1.165) is 37.3 Å². The molecule has 2 fully saturated rings. The van der Waals surface area contributed by atoms with Crippen LogP contribution < -0.4 is 0 Å². The molecule has 2 heterocycles. The maximum absolute atomic E-state index is 13.2. The molecular formula is C26H34N6O2S. The molecule has 0 radical (unpaired) electrons. The Morgan fingerprint density at radius 2 is 1.49 bits per heavy atom. The summed E-state index contributed by atoms with van der Waals surface area (Å²) in [7, 11) is -3.60. The lowest BCUT2D eigenvalue weighted by molar-refractivity contribution is 0.0772. The van der Waals surface area contributed by atoms with E-state index in [2.05, 4.69) is 56.5 Å². The maximum atomic E-state index is 13.2. The van der Waals surface area contributed by atoms with Gasteiger partial charge in [-0.25, -0.2) is 13.1 Å². The van der Waals surface area contributed by atoms with E-state index in [0.29, 0.717) is 11.9 Å². The average molecular weight is 495 g/mol. The van der Waals surface area contributed by atoms with Crippen LogP contribution in [0.1, 0.15) is 54.2 Å². The Kier molecular flexibility index (Phi) is 7.00. The SMILES string of the molecule is Cc1ccc(C(c2nnnn2CS(=O)(=O)c2ccc(C)cc2)N2CCN(C3CCCC3)CC2)cc1. The van der Waals surface area contributed by atoms with Gasteiger partial charge >= 0.3 is 0 Å². The van der Waals surface area contributed by atoms with Crippen molar-refractivity contribution >= 4 is 9.84 Å². The normalized spacial score (nSPS) is 19.3. The molecule has 0 N–H and O–H groups in total. The van der Waals surface area contributed by atoms with Gasteiger partial charge in [0.2, 0.25) is 0 Å². The highest BCUT2D eigenvalue weighted by molar-refractivity contribution is 7.90. The first-order valence-electron chi connectivity index (χ1n) is 12.5. The van der Waals surface area contributed by atoms with Gasteiger partial charge in [-0.15, -0.1) is 5.10 Å². The van der Waals surface area contributed by atoms with Gasteiger partial charge in [-0.1, -0.05) is 60.4 Å². The lowest BCUT2D eigenvalue weighted by Gasteiger charge is -2.41. The monoisotopic (exact) mass is 494 g/mol. The van der Waals surface area contributed by atoms with E-state index in [-0.39, 0.29) is 16.8 Å². The second-order valence-electron chi connectivity index (χ2n) is 9.92. The highest BCUT2D eigenvalue weighted by atomic mass is 32.2. The molecular weight excluding hydrogens is 460 g/mol. The summed E-state index contributed by atoms with van der Waals surface area (Å²) in [6.07, 6.45) is 5.27. The predicted molar refractivity (Wildman–Crippen MR) is 135 cm³/mol. The maximum Gasteiger partial charge on any atom is 0.198 e. The fourth-order valence-corrected chi connectivity index (χ4v) is 6.59. The predicted octanol–water partition coefficient (Wildman–Crippen LogP) is 3.37. The Balaban J connectivity index is 1.43. The number of nitrogens with zero attached hydrogens (tertiary/aromatic N) is 6. The van der Waals surface area contributed by atoms with E-state index < -0.39 is 9.84 Å². The lowest BCUT2D eigenvalue weighted by atomic mass is 10.0. The Labute approximate surface area is 207 Å². The third kappa shape index (κ3) is 5.32. The fraction of sp³-hybridized carbons (Fsp3) is 0.500. The molecule has 1 aromatic heterocycles. The summed E-state index contributed by atoms with van der Waals surface area (Å²) in [6, 6.07) is 15.8. The van der Waals surface area contributed by atoms with Crippen LogP contribution in [-0.4, -0.2) is 70.6 Å². The van der Waals surface area contributed by atoms with Crippen LogP contribution in [0, 0.1) is 13.8 Å². The minimum absolute atomic E-state index is 0.204. The zero-order valence-corrected chi connectivity index (χ0v) is 21.4. The summed E-state index contributed by atoms with van der Waals surface area (Å²) in [5.41, 5.74) is 3.28. The molecule has 1 saturated carbocycles. The number of aryl methyl sites for hydroxylation is 2. The van der Waals surface area contributed by atoms with Crippen LogP contribution in [0.3, 0.4) is 0 Å². The smallest absolute Gasteiger partial charge is 0.198 e. The van der Waals surface area contributed by atoms with Crippen LogP contribution in [0.25, 0.3) is 0 Å². The van der Waals surface area contributed by atoms with E-state index in [1.54, 1.807) is 12.1 Å². The molecule has 1 saturated heterocycles. The van der Waals surface area contributed by atoms with Gasteiger partial charge < -0.3 is 0 Å². The van der Waals surface area contributed by atoms with Crippen LogP contribution in [-0.2, 0) is 15.7 Å². The van der Waals surface area contributed by atoms with Gasteiger partial charge in [0.1, 0.15) is 0 Å². The zero-order chi connectivity index (χ0) is 24.4. The van der Waals surface area contributed by atoms with E-state index in [4.69, 9.17) is 0 Å². The van der Waals surface area contributed by atoms with Crippen LogP contribution in [0.2, 0.25) is 0 Å². The zero-order valence-electron chi connectivity index (χ0n) is 20.5. The molecule has 0 bridgehead atoms. The van der Waals surface area contributed by atoms with Crippen molar-refractivity contribution in [3.8, 4) is 0 Å². The first-order valence-corrected chi connectivity index (χ1v) is 14.2. The van der Waals surface area contributed by atoms with Gasteiger partial charge in [0.25, 0.3) is 0 Å². The molecule has 2 aromatic carbocycles. The molecule has 0 amide bonds. The van der Waals surface area contributed by atoms with Crippen molar-refractivity contribution in [3.05, 3.63) is 71.0 Å². The number of aromatic nitrogens is 4. The molecule has 1 atom stereocenters. The molecule has 0 spiro atoms. The van der Waals surface area contributed by atoms with Gasteiger partial charge in [0.15, 0.2) is 21.5 Å². The molecule has 35 heavy (non-hydrogen) atoms. The molecule has 1 unspecified atom stereocenters. The van der Waals surface area contributed by atoms with Crippen molar-refractivity contribution in [2.45, 2.75) is 62.4 Å². The second-order valence-corrected chi connectivity index (χ2v) is 11.9. The van der Waals surface area contributed by atoms with Gasteiger partial charge in [0.05, 0.1) is 10.9 Å². The summed E-state index contributed by atoms with van der Waals surface area (Å²) >= 11 is 0. The topological polar surface area (TPSA) is 84.2 Å². The lowest BCUT2D eigenvalue weighted by Crippen LogP contribution is -2.51. The Hall–Kier alpha value is -2.62. The molecule has 186 valence electrons. The van der Waals surface area contributed by atoms with Crippen molar-refractivity contribution in [1.82, 2.24) is 30.0 Å². The fourth-order valence-electron chi connectivity index (χ4n) is 5.38. The quantitative estimate of drug-likeness (QED) is 0.498. The van der Waals surface area contributed by atoms with Crippen molar-refractivity contribution in [2.24, 2.45) is 0 Å². The molecule has 8 nitrogen and oxygen atoms in total. The largest absolute Gasteiger partial charge is 0.298 e. The summed E-state index contributed by atoms with van der Waals surface area (Å²) in [5, 5.41) is 12.4. The first kappa shape index (κ1) is 24.1. The second kappa shape index (κ2) is 10.2. The number of piperazine rings is 1. The third-order valence-corrected chi connectivity index (χ3v) is 9.00. The standard InChI is InChI=1S/C26H34N6O2S/c1-20-7-11-22(12-8-20)25(31-17-15-30(16-18-31)23-5-3-4-6-23)26-27-28-29-32(26)19-35(33,34)24-13-9-21(2)10-14-24/h7-14,23,25H,3-6,15-19H2,1-2H3. The van der Waals surface area contributed by atoms with E-state index in [1.165, 1.54) is 35.9 Å². The third-order valence-electron chi connectivity index (χ3n) is 7.42. The van der Waals surface area contributed by atoms with E-state index in [9.17, 15) is 8.42 Å². The molecule has 3 aromatic rings. The van der Waals surface area contributed by atoms with Gasteiger partial charge in [0, 0.05) is 32.2 Å². The molecule has 1 aliphatic heterocycles. The van der Waals surface area contributed by atoms with E-state index in [1.807, 2.05) is 19.1 Å². The molecule has 5 rings (SSSR count). The van der Waals surface area contributed by atoms with Gasteiger partial charge in [-0.3, -0.25) is 9.80 Å². The Morgan fingerprint density at radius 3 is 2.11 bits per heavy atom. The number of sulfone groups is 1. The van der Waals surface area contributed by atoms with Crippen molar-refractivity contribution in [1.29, 1.82) is 0 Å². The number of hydrogen-bond acceptors (Lipinski definition) is 7. The summed E-state index contributed by atoms with van der Waals surface area (Å²) in [6.45, 7) is 7.82. The van der Waals surface area contributed by atoms with Crippen LogP contribution >= 0.6 is 0 Å². The Morgan fingerprint density at radius 1 is 0.886 bits per heavy atom. The average Bonchev–Trinajstić information content (AvgIpc) is 3.54. The summed E-state index contributed by atoms with van der Waals surface area (Å²) < 4.78 is 27.9. The highest BCUT2D eigenvalue weighted by Crippen LogP contribution is 2.31. The summed E-state index contributed by atoms with van der Waals surface area (Å²) in [4.78, 5) is 5.30. The highest BCUT2D eigenvalue weighted by Gasteiger charge is 2.34. The minimum atomic E-state index is -3.60. The number of tetrazole rings is 1. The first-order chi connectivity index (χ1) is 16.9. The summed E-state index contributed by atoms with van der Waals surface area (Å²) in [5.74, 6) is 0.279. The van der Waals surface area contributed by atoms with E-state index >= 15 is 0 Å². The van der Waals surface area contributed by atoms with Crippen molar-refractivity contribution < 1.29 is 8.42 Å². The number of benzene rings is 2. The van der Waals surface area contributed by atoms with Gasteiger partial charge in [-0.2, -0.15) is 0 Å². The van der Waals surface area contributed by atoms with Crippen LogP contribution in [0.5, 0.6) is 0 Å². The molecule has 9 heteroatoms. The number of hydrogen-bond donors (Lipinski definition) is 0. The minimum Gasteiger partial charge on any atom is -0.298 e. The van der Waals surface area contributed by atoms with Crippen molar-refractivity contribution in [3.63, 3.8) is 0 Å². The van der Waals surface area contributed by atoms with Crippen LogP contribution in [0.4, 0.5) is 0 Å².